The van der Waals surface area contributed by atoms with Gasteiger partial charge in [0, 0.05) is 11.1 Å². The fraction of sp³-hybridized carbons (Fsp3) is 0. The van der Waals surface area contributed by atoms with Crippen molar-refractivity contribution in [3.8, 4) is 5.69 Å². The minimum absolute atomic E-state index is 0.273. The highest BCUT2D eigenvalue weighted by atomic mass is 35.5. The van der Waals surface area contributed by atoms with Crippen LogP contribution in [0.25, 0.3) is 5.69 Å². The van der Waals surface area contributed by atoms with Gasteiger partial charge >= 0.3 is 0 Å². The van der Waals surface area contributed by atoms with Crippen molar-refractivity contribution in [1.82, 2.24) is 9.78 Å². The van der Waals surface area contributed by atoms with Gasteiger partial charge in [-0.3, -0.25) is 4.79 Å². The minimum atomic E-state index is -0.273. The lowest BCUT2D eigenvalue weighted by atomic mass is 10.3. The average molecular weight is 241 g/mol. The van der Waals surface area contributed by atoms with Gasteiger partial charge in [0.15, 0.2) is 0 Å². The summed E-state index contributed by atoms with van der Waals surface area (Å²) in [4.78, 5) is 11.5. The summed E-state index contributed by atoms with van der Waals surface area (Å²) in [6, 6.07) is 8.12. The largest absolute Gasteiger partial charge is 0.272 e. The number of benzene rings is 1. The molecule has 0 amide bonds. The molecule has 1 aromatic heterocycles. The molecular formula is C10H6Cl2N2O. The highest BCUT2D eigenvalue weighted by Crippen LogP contribution is 2.11. The molecule has 5 heteroatoms. The molecule has 2 rings (SSSR count). The van der Waals surface area contributed by atoms with E-state index in [0.717, 1.165) is 0 Å². The Labute approximate surface area is 95.9 Å². The molecule has 1 heterocycles. The van der Waals surface area contributed by atoms with Crippen LogP contribution in [-0.2, 0) is 0 Å². The summed E-state index contributed by atoms with van der Waals surface area (Å²) in [6.45, 7) is 0. The first-order valence-electron chi connectivity index (χ1n) is 4.17. The van der Waals surface area contributed by atoms with Crippen molar-refractivity contribution in [2.75, 3.05) is 0 Å². The predicted molar refractivity (Wildman–Crippen MR) is 59.9 cm³/mol. The fourth-order valence-corrected chi connectivity index (χ4v) is 1.43. The second-order valence-corrected chi connectivity index (χ2v) is 3.77. The van der Waals surface area contributed by atoms with Crippen LogP contribution < -0.4 is 5.56 Å². The molecule has 3 nitrogen and oxygen atoms in total. The first-order chi connectivity index (χ1) is 7.16. The maximum Gasteiger partial charge on any atom is 0.272 e. The highest BCUT2D eigenvalue weighted by Gasteiger charge is 2.01. The quantitative estimate of drug-likeness (QED) is 0.768. The molecule has 0 aliphatic carbocycles. The van der Waals surface area contributed by atoms with Crippen LogP contribution in [0, 0.1) is 0 Å². The van der Waals surface area contributed by atoms with Crippen molar-refractivity contribution in [3.05, 3.63) is 56.9 Å². The number of rotatable bonds is 1. The van der Waals surface area contributed by atoms with E-state index in [2.05, 4.69) is 5.10 Å². The van der Waals surface area contributed by atoms with Crippen LogP contribution in [0.3, 0.4) is 0 Å². The first-order valence-corrected chi connectivity index (χ1v) is 4.93. The maximum atomic E-state index is 11.5. The first kappa shape index (κ1) is 10.2. The Balaban J connectivity index is 2.55. The van der Waals surface area contributed by atoms with Gasteiger partial charge < -0.3 is 0 Å². The Bertz CT molecular complexity index is 534. The van der Waals surface area contributed by atoms with Crippen molar-refractivity contribution in [3.63, 3.8) is 0 Å². The van der Waals surface area contributed by atoms with Crippen LogP contribution in [0.2, 0.25) is 10.0 Å². The molecule has 0 spiro atoms. The average Bonchev–Trinajstić information content (AvgIpc) is 2.20. The lowest BCUT2D eigenvalue weighted by Gasteiger charge is -2.03. The number of halogens is 2. The Hall–Kier alpha value is -1.32. The van der Waals surface area contributed by atoms with Gasteiger partial charge in [-0.1, -0.05) is 23.2 Å². The van der Waals surface area contributed by atoms with Crippen molar-refractivity contribution in [1.29, 1.82) is 0 Å². The summed E-state index contributed by atoms with van der Waals surface area (Å²) in [5.74, 6) is 0. The number of nitrogens with zero attached hydrogens (tertiary/aromatic N) is 2. The predicted octanol–water partition coefficient (Wildman–Crippen LogP) is 2.54. The summed E-state index contributed by atoms with van der Waals surface area (Å²) >= 11 is 11.4. The van der Waals surface area contributed by atoms with Gasteiger partial charge in [-0.25, -0.2) is 0 Å². The summed E-state index contributed by atoms with van der Waals surface area (Å²) in [5.41, 5.74) is 0.380. The molecule has 0 unspecified atom stereocenters. The van der Waals surface area contributed by atoms with Gasteiger partial charge in [-0.2, -0.15) is 9.78 Å². The third kappa shape index (κ3) is 2.19. The number of hydrogen-bond acceptors (Lipinski definition) is 2. The topological polar surface area (TPSA) is 34.9 Å². The second kappa shape index (κ2) is 4.04. The monoisotopic (exact) mass is 240 g/mol. The standard InChI is InChI=1S/C10H6Cl2N2O/c11-7-1-3-9(4-2-7)14-10(15)5-8(12)6-13-14/h1-6H. The van der Waals surface area contributed by atoms with E-state index in [-0.39, 0.29) is 5.56 Å². The van der Waals surface area contributed by atoms with E-state index in [9.17, 15) is 4.79 Å². The third-order valence-corrected chi connectivity index (χ3v) is 2.30. The number of aromatic nitrogens is 2. The van der Waals surface area contributed by atoms with Gasteiger partial charge in [0.05, 0.1) is 16.9 Å². The van der Waals surface area contributed by atoms with Crippen LogP contribution in [0.5, 0.6) is 0 Å². The second-order valence-electron chi connectivity index (χ2n) is 2.90. The molecule has 0 aliphatic rings. The molecule has 0 N–H and O–H groups in total. The molecular weight excluding hydrogens is 235 g/mol. The Morgan fingerprint density at radius 1 is 1.07 bits per heavy atom. The van der Waals surface area contributed by atoms with E-state index >= 15 is 0 Å². The van der Waals surface area contributed by atoms with Crippen molar-refractivity contribution < 1.29 is 0 Å². The number of hydrogen-bond donors (Lipinski definition) is 0. The zero-order chi connectivity index (χ0) is 10.8. The fourth-order valence-electron chi connectivity index (χ4n) is 1.16. The molecule has 2 aromatic rings. The molecule has 76 valence electrons. The summed E-state index contributed by atoms with van der Waals surface area (Å²) in [5, 5.41) is 4.84. The highest BCUT2D eigenvalue weighted by molar-refractivity contribution is 6.30. The summed E-state index contributed by atoms with van der Waals surface area (Å²) in [6.07, 6.45) is 1.41. The molecule has 15 heavy (non-hydrogen) atoms. The molecule has 0 saturated carbocycles. The Kier molecular flexibility index (Phi) is 2.75. The zero-order valence-corrected chi connectivity index (χ0v) is 9.03. The van der Waals surface area contributed by atoms with E-state index in [0.29, 0.717) is 15.7 Å². The smallest absolute Gasteiger partial charge is 0.267 e. The Morgan fingerprint density at radius 2 is 1.73 bits per heavy atom. The van der Waals surface area contributed by atoms with Gasteiger partial charge in [-0.05, 0) is 24.3 Å². The van der Waals surface area contributed by atoms with Crippen molar-refractivity contribution in [2.45, 2.75) is 0 Å². The Morgan fingerprint density at radius 3 is 2.33 bits per heavy atom. The lowest BCUT2D eigenvalue weighted by Crippen LogP contribution is -2.19. The lowest BCUT2D eigenvalue weighted by molar-refractivity contribution is 0.807. The molecule has 0 radical (unpaired) electrons. The van der Waals surface area contributed by atoms with Gasteiger partial charge in [-0.15, -0.1) is 0 Å². The van der Waals surface area contributed by atoms with Gasteiger partial charge in [0.1, 0.15) is 0 Å². The zero-order valence-electron chi connectivity index (χ0n) is 7.52. The van der Waals surface area contributed by atoms with Crippen molar-refractivity contribution >= 4 is 23.2 Å². The molecule has 0 aliphatic heterocycles. The molecule has 0 atom stereocenters. The van der Waals surface area contributed by atoms with Crippen LogP contribution in [0.1, 0.15) is 0 Å². The summed E-state index contributed by atoms with van der Waals surface area (Å²) in [7, 11) is 0. The minimum Gasteiger partial charge on any atom is -0.267 e. The van der Waals surface area contributed by atoms with Crippen LogP contribution in [0.4, 0.5) is 0 Å². The van der Waals surface area contributed by atoms with Crippen LogP contribution in [0.15, 0.2) is 41.3 Å². The van der Waals surface area contributed by atoms with Crippen molar-refractivity contribution in [2.24, 2.45) is 0 Å². The molecule has 0 bridgehead atoms. The molecule has 1 aromatic carbocycles. The van der Waals surface area contributed by atoms with Crippen LogP contribution in [-0.4, -0.2) is 9.78 Å². The molecule has 0 fully saturated rings. The van der Waals surface area contributed by atoms with Gasteiger partial charge in [0.25, 0.3) is 5.56 Å². The molecule has 0 saturated heterocycles. The van der Waals surface area contributed by atoms with E-state index in [1.165, 1.54) is 16.9 Å². The summed E-state index contributed by atoms with van der Waals surface area (Å²) < 4.78 is 1.25. The van der Waals surface area contributed by atoms with E-state index in [1.54, 1.807) is 24.3 Å². The SMILES string of the molecule is O=c1cc(Cl)cnn1-c1ccc(Cl)cc1. The maximum absolute atomic E-state index is 11.5. The van der Waals surface area contributed by atoms with E-state index in [4.69, 9.17) is 23.2 Å². The van der Waals surface area contributed by atoms with Crippen LogP contribution >= 0.6 is 23.2 Å². The van der Waals surface area contributed by atoms with E-state index < -0.39 is 0 Å². The van der Waals surface area contributed by atoms with Gasteiger partial charge in [0.2, 0.25) is 0 Å². The third-order valence-electron chi connectivity index (χ3n) is 1.84. The van der Waals surface area contributed by atoms with E-state index in [1.807, 2.05) is 0 Å². The normalized spacial score (nSPS) is 10.3.